The Morgan fingerprint density at radius 1 is 1.10 bits per heavy atom. The summed E-state index contributed by atoms with van der Waals surface area (Å²) >= 11 is 4.89. The molecule has 0 saturated carbocycles. The average molecular weight is 478 g/mol. The molecule has 0 bridgehead atoms. The van der Waals surface area contributed by atoms with Crippen LogP contribution in [0.2, 0.25) is 0 Å². The summed E-state index contributed by atoms with van der Waals surface area (Å²) in [4.78, 5) is 22.0. The van der Waals surface area contributed by atoms with Crippen molar-refractivity contribution in [3.63, 3.8) is 0 Å². The highest BCUT2D eigenvalue weighted by atomic mass is 79.9. The van der Waals surface area contributed by atoms with Gasteiger partial charge in [-0.05, 0) is 57.4 Å². The number of methoxy groups -OCH3 is 2. The molecule has 0 spiro atoms. The fourth-order valence-electron chi connectivity index (χ4n) is 3.00. The van der Waals surface area contributed by atoms with Crippen molar-refractivity contribution >= 4 is 48.5 Å². The molecule has 0 fully saturated rings. The van der Waals surface area contributed by atoms with Gasteiger partial charge >= 0.3 is 0 Å². The normalized spacial score (nSPS) is 11.1. The highest BCUT2D eigenvalue weighted by molar-refractivity contribution is 9.10. The number of hydrogen-bond acceptors (Lipinski definition) is 6. The van der Waals surface area contributed by atoms with E-state index in [1.54, 1.807) is 19.1 Å². The number of hydrogen-bond donors (Lipinski definition) is 0. The molecule has 1 heterocycles. The maximum absolute atomic E-state index is 13.4. The molecule has 0 aliphatic rings. The van der Waals surface area contributed by atoms with Crippen LogP contribution in [0.5, 0.6) is 11.5 Å². The van der Waals surface area contributed by atoms with Crippen molar-refractivity contribution in [2.75, 3.05) is 46.3 Å². The van der Waals surface area contributed by atoms with Crippen molar-refractivity contribution in [3.05, 3.63) is 46.4 Å². The number of thiazole rings is 1. The lowest BCUT2D eigenvalue weighted by Crippen LogP contribution is -2.33. The van der Waals surface area contributed by atoms with E-state index in [4.69, 9.17) is 14.5 Å². The first kappa shape index (κ1) is 21.5. The number of aromatic nitrogens is 1. The van der Waals surface area contributed by atoms with Gasteiger partial charge in [0.05, 0.1) is 14.2 Å². The quantitative estimate of drug-likeness (QED) is 0.471. The highest BCUT2D eigenvalue weighted by Crippen LogP contribution is 2.40. The summed E-state index contributed by atoms with van der Waals surface area (Å²) in [6.07, 6.45) is 0.830. The fraction of sp³-hybridized carbons (Fsp3) is 0.333. The average Bonchev–Trinajstić information content (AvgIpc) is 3.14. The van der Waals surface area contributed by atoms with Crippen molar-refractivity contribution in [3.8, 4) is 11.5 Å². The van der Waals surface area contributed by atoms with Crippen molar-refractivity contribution in [2.45, 2.75) is 6.42 Å². The van der Waals surface area contributed by atoms with E-state index in [0.717, 1.165) is 22.1 Å². The second-order valence-corrected chi connectivity index (χ2v) is 8.66. The topological polar surface area (TPSA) is 54.9 Å². The molecular formula is C21H24BrN3O3S. The SMILES string of the molecule is COc1ccc(OC)c2sc(N(CCCN(C)C)C(=O)c3cccc(Br)c3)nc12. The molecule has 154 valence electrons. The monoisotopic (exact) mass is 477 g/mol. The summed E-state index contributed by atoms with van der Waals surface area (Å²) in [7, 11) is 7.28. The van der Waals surface area contributed by atoms with E-state index >= 15 is 0 Å². The van der Waals surface area contributed by atoms with E-state index in [-0.39, 0.29) is 5.91 Å². The molecule has 0 saturated heterocycles. The van der Waals surface area contributed by atoms with Gasteiger partial charge in [0.25, 0.3) is 5.91 Å². The Hall–Kier alpha value is -2.16. The van der Waals surface area contributed by atoms with Gasteiger partial charge in [-0.3, -0.25) is 9.69 Å². The molecule has 1 amide bonds. The molecule has 0 aliphatic carbocycles. The summed E-state index contributed by atoms with van der Waals surface area (Å²) in [5.74, 6) is 1.29. The molecular weight excluding hydrogens is 454 g/mol. The number of carbonyl (C=O) groups excluding carboxylic acids is 1. The van der Waals surface area contributed by atoms with Gasteiger partial charge in [-0.1, -0.05) is 33.3 Å². The summed E-state index contributed by atoms with van der Waals surface area (Å²) in [5, 5.41) is 0.631. The van der Waals surface area contributed by atoms with Crippen LogP contribution in [0.1, 0.15) is 16.8 Å². The van der Waals surface area contributed by atoms with E-state index < -0.39 is 0 Å². The number of carbonyl (C=O) groups is 1. The lowest BCUT2D eigenvalue weighted by atomic mass is 10.2. The van der Waals surface area contributed by atoms with Gasteiger partial charge in [-0.25, -0.2) is 4.98 Å². The minimum Gasteiger partial charge on any atom is -0.495 e. The molecule has 8 heteroatoms. The van der Waals surface area contributed by atoms with Crippen LogP contribution in [0.25, 0.3) is 10.2 Å². The number of nitrogens with zero attached hydrogens (tertiary/aromatic N) is 3. The summed E-state index contributed by atoms with van der Waals surface area (Å²) in [5.41, 5.74) is 1.31. The lowest BCUT2D eigenvalue weighted by molar-refractivity contribution is 0.0986. The Balaban J connectivity index is 2.04. The highest BCUT2D eigenvalue weighted by Gasteiger charge is 2.23. The zero-order valence-electron chi connectivity index (χ0n) is 16.9. The molecule has 0 N–H and O–H groups in total. The first-order valence-electron chi connectivity index (χ1n) is 9.18. The van der Waals surface area contributed by atoms with Gasteiger partial charge in [0, 0.05) is 16.6 Å². The number of ether oxygens (including phenoxy) is 2. The minimum atomic E-state index is -0.0814. The number of amides is 1. The van der Waals surface area contributed by atoms with Crippen molar-refractivity contribution in [2.24, 2.45) is 0 Å². The third kappa shape index (κ3) is 4.88. The van der Waals surface area contributed by atoms with Crippen molar-refractivity contribution in [1.29, 1.82) is 0 Å². The molecule has 6 nitrogen and oxygen atoms in total. The molecule has 3 rings (SSSR count). The van der Waals surface area contributed by atoms with Gasteiger partial charge in [-0.15, -0.1) is 0 Å². The summed E-state index contributed by atoms with van der Waals surface area (Å²) in [6.45, 7) is 1.44. The zero-order chi connectivity index (χ0) is 21.0. The van der Waals surface area contributed by atoms with Crippen LogP contribution >= 0.6 is 27.3 Å². The predicted molar refractivity (Wildman–Crippen MR) is 122 cm³/mol. The Morgan fingerprint density at radius 2 is 1.83 bits per heavy atom. The summed E-state index contributed by atoms with van der Waals surface area (Å²) in [6, 6.07) is 11.1. The fourth-order valence-corrected chi connectivity index (χ4v) is 4.49. The molecule has 0 atom stereocenters. The lowest BCUT2D eigenvalue weighted by Gasteiger charge is -2.21. The van der Waals surface area contributed by atoms with Crippen molar-refractivity contribution in [1.82, 2.24) is 9.88 Å². The van der Waals surface area contributed by atoms with E-state index in [1.165, 1.54) is 11.3 Å². The Kier molecular flexibility index (Phi) is 7.10. The van der Waals surface area contributed by atoms with Gasteiger partial charge in [0.1, 0.15) is 21.7 Å². The molecule has 1 aromatic heterocycles. The van der Waals surface area contributed by atoms with Crippen LogP contribution in [0.4, 0.5) is 5.13 Å². The van der Waals surface area contributed by atoms with E-state index in [9.17, 15) is 4.79 Å². The Morgan fingerprint density at radius 3 is 2.48 bits per heavy atom. The first-order valence-corrected chi connectivity index (χ1v) is 10.8. The maximum Gasteiger partial charge on any atom is 0.260 e. The standard InChI is InChI=1S/C21H24BrN3O3S/c1-24(2)11-6-12-25(20(26)14-7-5-8-15(22)13-14)21-23-18-16(27-3)9-10-17(28-4)19(18)29-21/h5,7-10,13H,6,11-12H2,1-4H3. The predicted octanol–water partition coefficient (Wildman–Crippen LogP) is 4.67. The number of rotatable bonds is 8. The van der Waals surface area contributed by atoms with Crippen LogP contribution in [0.3, 0.4) is 0 Å². The van der Waals surface area contributed by atoms with Crippen LogP contribution in [-0.2, 0) is 0 Å². The molecule has 3 aromatic rings. The molecule has 2 aromatic carbocycles. The zero-order valence-corrected chi connectivity index (χ0v) is 19.3. The Bertz CT molecular complexity index is 965. The maximum atomic E-state index is 13.4. The van der Waals surface area contributed by atoms with Crippen LogP contribution in [-0.4, -0.2) is 57.2 Å². The van der Waals surface area contributed by atoms with Crippen LogP contribution in [0, 0.1) is 0 Å². The molecule has 0 unspecified atom stereocenters. The van der Waals surface area contributed by atoms with Crippen LogP contribution < -0.4 is 14.4 Å². The number of anilines is 1. The third-order valence-electron chi connectivity index (χ3n) is 4.43. The number of halogens is 1. The molecule has 0 aliphatic heterocycles. The van der Waals surface area contributed by atoms with E-state index in [2.05, 4.69) is 20.8 Å². The minimum absolute atomic E-state index is 0.0814. The number of benzene rings is 2. The molecule has 29 heavy (non-hydrogen) atoms. The second-order valence-electron chi connectivity index (χ2n) is 6.77. The van der Waals surface area contributed by atoms with Gasteiger partial charge in [-0.2, -0.15) is 0 Å². The van der Waals surface area contributed by atoms with E-state index in [1.807, 2.05) is 50.5 Å². The van der Waals surface area contributed by atoms with Gasteiger partial charge < -0.3 is 14.4 Å². The van der Waals surface area contributed by atoms with Gasteiger partial charge in [0.15, 0.2) is 5.13 Å². The largest absolute Gasteiger partial charge is 0.495 e. The number of fused-ring (bicyclic) bond motifs is 1. The van der Waals surface area contributed by atoms with Crippen LogP contribution in [0.15, 0.2) is 40.9 Å². The van der Waals surface area contributed by atoms with E-state index in [0.29, 0.717) is 34.3 Å². The first-order chi connectivity index (χ1) is 13.9. The van der Waals surface area contributed by atoms with Crippen molar-refractivity contribution < 1.29 is 14.3 Å². The summed E-state index contributed by atoms with van der Waals surface area (Å²) < 4.78 is 12.7. The van der Waals surface area contributed by atoms with Gasteiger partial charge in [0.2, 0.25) is 0 Å². The smallest absolute Gasteiger partial charge is 0.260 e. The molecule has 0 radical (unpaired) electrons. The second kappa shape index (κ2) is 9.56. The Labute approximate surface area is 183 Å². The third-order valence-corrected chi connectivity index (χ3v) is 6.02.